The maximum atomic E-state index is 14.8. The maximum Gasteiger partial charge on any atom is 0.290 e. The molecule has 0 saturated carbocycles. The van der Waals surface area contributed by atoms with Gasteiger partial charge in [-0.3, -0.25) is 9.59 Å². The lowest BCUT2D eigenvalue weighted by Gasteiger charge is -2.28. The molecule has 156 valence electrons. The highest BCUT2D eigenvalue weighted by Crippen LogP contribution is 2.39. The molecule has 0 saturated heterocycles. The number of carbonyl (C=O) groups is 1. The van der Waals surface area contributed by atoms with Gasteiger partial charge in [0.15, 0.2) is 5.43 Å². The molecule has 2 heterocycles. The first-order chi connectivity index (χ1) is 14.5. The van der Waals surface area contributed by atoms with Crippen LogP contribution in [0.2, 0.25) is 0 Å². The summed E-state index contributed by atoms with van der Waals surface area (Å²) in [7, 11) is 0. The van der Waals surface area contributed by atoms with Gasteiger partial charge < -0.3 is 14.2 Å². The second-order valence-electron chi connectivity index (χ2n) is 7.26. The van der Waals surface area contributed by atoms with E-state index in [0.29, 0.717) is 29.6 Å². The Morgan fingerprint density at radius 2 is 1.87 bits per heavy atom. The lowest BCUT2D eigenvalue weighted by Crippen LogP contribution is -2.38. The van der Waals surface area contributed by atoms with Crippen molar-refractivity contribution < 1.29 is 13.6 Å². The minimum atomic E-state index is -0.816. The second kappa shape index (κ2) is 8.32. The molecule has 5 nitrogen and oxygen atoms in total. The summed E-state index contributed by atoms with van der Waals surface area (Å²) in [6, 6.07) is 10.5. The van der Waals surface area contributed by atoms with E-state index in [1.807, 2.05) is 13.8 Å². The first kappa shape index (κ1) is 20.8. The molecule has 0 unspecified atom stereocenters. The maximum absolute atomic E-state index is 14.8. The van der Waals surface area contributed by atoms with Gasteiger partial charge in [-0.25, -0.2) is 4.39 Å². The van der Waals surface area contributed by atoms with E-state index >= 15 is 0 Å². The van der Waals surface area contributed by atoms with Gasteiger partial charge in [0, 0.05) is 23.1 Å². The van der Waals surface area contributed by atoms with E-state index in [1.54, 1.807) is 41.3 Å². The van der Waals surface area contributed by atoms with Crippen LogP contribution in [-0.4, -0.2) is 41.9 Å². The highest BCUT2D eigenvalue weighted by Gasteiger charge is 2.43. The fraction of sp³-hybridized carbons (Fsp3) is 0.304. The summed E-state index contributed by atoms with van der Waals surface area (Å²) in [6.07, 6.45) is 0. The molecule has 2 aromatic carbocycles. The summed E-state index contributed by atoms with van der Waals surface area (Å²) < 4.78 is 21.4. The topological polar surface area (TPSA) is 53.8 Å². The highest BCUT2D eigenvalue weighted by molar-refractivity contribution is 9.10. The Morgan fingerprint density at radius 3 is 2.57 bits per heavy atom. The Bertz CT molecular complexity index is 1170. The van der Waals surface area contributed by atoms with Crippen LogP contribution in [0.15, 0.2) is 56.1 Å². The van der Waals surface area contributed by atoms with E-state index in [-0.39, 0.29) is 22.7 Å². The van der Waals surface area contributed by atoms with E-state index < -0.39 is 11.9 Å². The fourth-order valence-electron chi connectivity index (χ4n) is 4.03. The number of likely N-dealkylation sites (N-methyl/N-ethyl adjacent to an activating group) is 1. The van der Waals surface area contributed by atoms with Gasteiger partial charge >= 0.3 is 0 Å². The molecule has 0 N–H and O–H groups in total. The molecule has 1 amide bonds. The lowest BCUT2D eigenvalue weighted by molar-refractivity contribution is 0.0706. The molecular formula is C23H22BrFN2O3. The minimum Gasteiger partial charge on any atom is -0.450 e. The van der Waals surface area contributed by atoms with E-state index in [2.05, 4.69) is 20.8 Å². The third-order valence-electron chi connectivity index (χ3n) is 5.68. The van der Waals surface area contributed by atoms with Crippen molar-refractivity contribution in [2.24, 2.45) is 0 Å². The molecule has 0 bridgehead atoms. The molecular weight excluding hydrogens is 451 g/mol. The Kier molecular flexibility index (Phi) is 5.75. The lowest BCUT2D eigenvalue weighted by atomic mass is 9.98. The Hall–Kier alpha value is -2.51. The minimum absolute atomic E-state index is 0.00243. The largest absolute Gasteiger partial charge is 0.450 e. The normalized spacial score (nSPS) is 16.0. The van der Waals surface area contributed by atoms with Crippen LogP contribution < -0.4 is 5.43 Å². The molecule has 4 rings (SSSR count). The molecule has 0 fully saturated rings. The monoisotopic (exact) mass is 472 g/mol. The molecule has 3 aromatic rings. The summed E-state index contributed by atoms with van der Waals surface area (Å²) in [5.74, 6) is -0.834. The number of hydrogen-bond donors (Lipinski definition) is 0. The molecule has 1 atom stereocenters. The van der Waals surface area contributed by atoms with Gasteiger partial charge in [0.05, 0.1) is 17.0 Å². The van der Waals surface area contributed by atoms with Crippen LogP contribution in [-0.2, 0) is 0 Å². The van der Waals surface area contributed by atoms with Crippen molar-refractivity contribution in [1.29, 1.82) is 0 Å². The number of benzene rings is 2. The predicted molar refractivity (Wildman–Crippen MR) is 117 cm³/mol. The number of fused-ring (bicyclic) bond motifs is 2. The van der Waals surface area contributed by atoms with Crippen LogP contribution in [0.1, 0.15) is 41.6 Å². The standard InChI is InChI=1S/C23H22BrFN2O3/c1-3-26(4-2)11-12-27-20(15-7-5-6-8-17(15)25)19-21(28)16-13-14(24)9-10-18(16)30-22(19)23(27)29/h5-10,13,20H,3-4,11-12H2,1-2H3/t20-/m1/s1. The van der Waals surface area contributed by atoms with Crippen LogP contribution in [0.3, 0.4) is 0 Å². The van der Waals surface area contributed by atoms with Crippen molar-refractivity contribution >= 4 is 32.8 Å². The molecule has 0 aliphatic carbocycles. The quantitative estimate of drug-likeness (QED) is 0.526. The molecule has 30 heavy (non-hydrogen) atoms. The van der Waals surface area contributed by atoms with Crippen LogP contribution in [0.5, 0.6) is 0 Å². The van der Waals surface area contributed by atoms with Gasteiger partial charge in [0.2, 0.25) is 5.76 Å². The molecule has 0 radical (unpaired) electrons. The van der Waals surface area contributed by atoms with Crippen LogP contribution in [0.25, 0.3) is 11.0 Å². The Labute approximate surface area is 182 Å². The molecule has 1 aliphatic rings. The van der Waals surface area contributed by atoms with E-state index in [9.17, 15) is 14.0 Å². The van der Waals surface area contributed by atoms with Crippen molar-refractivity contribution in [3.8, 4) is 0 Å². The zero-order valence-corrected chi connectivity index (χ0v) is 18.4. The number of hydrogen-bond acceptors (Lipinski definition) is 4. The number of halogens is 2. The van der Waals surface area contributed by atoms with Crippen LogP contribution in [0, 0.1) is 5.82 Å². The molecule has 1 aromatic heterocycles. The van der Waals surface area contributed by atoms with E-state index in [1.165, 1.54) is 6.07 Å². The van der Waals surface area contributed by atoms with Gasteiger partial charge in [0.25, 0.3) is 5.91 Å². The summed E-state index contributed by atoms with van der Waals surface area (Å²) in [4.78, 5) is 30.4. The van der Waals surface area contributed by atoms with Gasteiger partial charge in [-0.15, -0.1) is 0 Å². The van der Waals surface area contributed by atoms with Crippen molar-refractivity contribution in [1.82, 2.24) is 9.80 Å². The molecule has 1 aliphatic heterocycles. The third kappa shape index (κ3) is 3.46. The SMILES string of the molecule is CCN(CC)CCN1C(=O)c2oc3ccc(Br)cc3c(=O)c2[C@H]1c1ccccc1F. The second-order valence-corrected chi connectivity index (χ2v) is 8.18. The van der Waals surface area contributed by atoms with Crippen LogP contribution >= 0.6 is 15.9 Å². The summed E-state index contributed by atoms with van der Waals surface area (Å²) in [5.41, 5.74) is 0.536. The first-order valence-electron chi connectivity index (χ1n) is 10.00. The van der Waals surface area contributed by atoms with Gasteiger partial charge in [-0.1, -0.05) is 48.0 Å². The zero-order valence-electron chi connectivity index (χ0n) is 16.8. The smallest absolute Gasteiger partial charge is 0.290 e. The number of carbonyl (C=O) groups excluding carboxylic acids is 1. The van der Waals surface area contributed by atoms with Gasteiger partial charge in [-0.05, 0) is 37.4 Å². The Balaban J connectivity index is 1.90. The summed E-state index contributed by atoms with van der Waals surface area (Å²) >= 11 is 3.38. The zero-order chi connectivity index (χ0) is 21.4. The van der Waals surface area contributed by atoms with Gasteiger partial charge in [-0.2, -0.15) is 0 Å². The van der Waals surface area contributed by atoms with Crippen molar-refractivity contribution in [2.75, 3.05) is 26.2 Å². The average Bonchev–Trinajstić information content (AvgIpc) is 3.02. The van der Waals surface area contributed by atoms with Crippen molar-refractivity contribution in [3.05, 3.63) is 79.9 Å². The highest BCUT2D eigenvalue weighted by atomic mass is 79.9. The third-order valence-corrected chi connectivity index (χ3v) is 6.17. The van der Waals surface area contributed by atoms with Gasteiger partial charge in [0.1, 0.15) is 11.4 Å². The first-order valence-corrected chi connectivity index (χ1v) is 10.8. The van der Waals surface area contributed by atoms with Crippen molar-refractivity contribution in [2.45, 2.75) is 19.9 Å². The molecule has 7 heteroatoms. The summed E-state index contributed by atoms with van der Waals surface area (Å²) in [6.45, 7) is 6.76. The fourth-order valence-corrected chi connectivity index (χ4v) is 4.39. The predicted octanol–water partition coefficient (Wildman–Crippen LogP) is 4.58. The number of rotatable bonds is 6. The average molecular weight is 473 g/mol. The Morgan fingerprint density at radius 1 is 1.13 bits per heavy atom. The van der Waals surface area contributed by atoms with E-state index in [4.69, 9.17) is 4.42 Å². The molecule has 0 spiro atoms. The summed E-state index contributed by atoms with van der Waals surface area (Å²) in [5, 5.41) is 0.364. The van der Waals surface area contributed by atoms with E-state index in [0.717, 1.165) is 17.6 Å². The van der Waals surface area contributed by atoms with Crippen molar-refractivity contribution in [3.63, 3.8) is 0 Å². The number of nitrogens with zero attached hydrogens (tertiary/aromatic N) is 2. The number of amides is 1. The van der Waals surface area contributed by atoms with Crippen LogP contribution in [0.4, 0.5) is 4.39 Å².